The highest BCUT2D eigenvalue weighted by atomic mass is 35.5. The summed E-state index contributed by atoms with van der Waals surface area (Å²) in [5.41, 5.74) is 1.46. The van der Waals surface area contributed by atoms with E-state index in [1.54, 1.807) is 22.8 Å². The lowest BCUT2D eigenvalue weighted by atomic mass is 10.1. The number of nitrogens with zero attached hydrogens (tertiary/aromatic N) is 2. The van der Waals surface area contributed by atoms with E-state index in [0.717, 1.165) is 18.4 Å². The zero-order chi connectivity index (χ0) is 20.5. The van der Waals surface area contributed by atoms with Crippen molar-refractivity contribution in [1.29, 1.82) is 0 Å². The zero-order valence-electron chi connectivity index (χ0n) is 16.0. The molecule has 2 aromatic carbocycles. The van der Waals surface area contributed by atoms with Crippen molar-refractivity contribution in [2.45, 2.75) is 44.7 Å². The molecule has 0 radical (unpaired) electrons. The largest absolute Gasteiger partial charge is 0.350 e. The highest BCUT2D eigenvalue weighted by Gasteiger charge is 2.28. The third kappa shape index (κ3) is 4.31. The molecule has 0 bridgehead atoms. The number of carbonyl (C=O) groups excluding carboxylic acids is 1. The smallest absolute Gasteiger partial charge is 0.261 e. The van der Waals surface area contributed by atoms with E-state index in [1.807, 2.05) is 31.2 Å². The fraction of sp³-hybridized carbons (Fsp3) is 0.318. The van der Waals surface area contributed by atoms with Crippen LogP contribution in [0.25, 0.3) is 10.9 Å². The number of hydrogen-bond acceptors (Lipinski definition) is 3. The lowest BCUT2D eigenvalue weighted by Gasteiger charge is -2.17. The molecule has 29 heavy (non-hydrogen) atoms. The van der Waals surface area contributed by atoms with Gasteiger partial charge in [-0.15, -0.1) is 0 Å². The molecule has 1 fully saturated rings. The van der Waals surface area contributed by atoms with Gasteiger partial charge in [-0.05, 0) is 49.6 Å². The van der Waals surface area contributed by atoms with Gasteiger partial charge in [-0.2, -0.15) is 0 Å². The summed E-state index contributed by atoms with van der Waals surface area (Å²) in [6.45, 7) is 1.88. The van der Waals surface area contributed by atoms with Crippen molar-refractivity contribution >= 4 is 40.0 Å². The van der Waals surface area contributed by atoms with Gasteiger partial charge in [0.15, 0.2) is 0 Å². The van der Waals surface area contributed by atoms with E-state index in [9.17, 15) is 9.59 Å². The van der Waals surface area contributed by atoms with Crippen LogP contribution in [0.2, 0.25) is 10.0 Å². The molecule has 1 aliphatic carbocycles. The minimum atomic E-state index is -0.248. The average Bonchev–Trinajstić information content (AvgIpc) is 3.51. The first-order valence-corrected chi connectivity index (χ1v) is 10.4. The molecule has 0 spiro atoms. The summed E-state index contributed by atoms with van der Waals surface area (Å²) in [6.07, 6.45) is 2.60. The number of rotatable bonds is 6. The van der Waals surface area contributed by atoms with E-state index in [2.05, 4.69) is 10.3 Å². The topological polar surface area (TPSA) is 64.0 Å². The van der Waals surface area contributed by atoms with Crippen molar-refractivity contribution in [1.82, 2.24) is 14.9 Å². The van der Waals surface area contributed by atoms with Crippen LogP contribution in [0, 0.1) is 0 Å². The number of aromatic nitrogens is 2. The molecule has 1 atom stereocenters. The van der Waals surface area contributed by atoms with Gasteiger partial charge in [0.25, 0.3) is 5.56 Å². The number of benzene rings is 2. The van der Waals surface area contributed by atoms with E-state index in [1.165, 1.54) is 0 Å². The van der Waals surface area contributed by atoms with E-state index >= 15 is 0 Å². The number of fused-ring (bicyclic) bond motifs is 1. The van der Waals surface area contributed by atoms with Crippen molar-refractivity contribution < 1.29 is 4.79 Å². The summed E-state index contributed by atoms with van der Waals surface area (Å²) in [7, 11) is 0. The van der Waals surface area contributed by atoms with E-state index in [4.69, 9.17) is 23.2 Å². The summed E-state index contributed by atoms with van der Waals surface area (Å²) < 4.78 is 1.77. The maximum absolute atomic E-state index is 12.9. The Kier molecular flexibility index (Phi) is 5.61. The number of nitrogens with one attached hydrogen (secondary N) is 1. The van der Waals surface area contributed by atoms with Crippen LogP contribution in [0.3, 0.4) is 0 Å². The second kappa shape index (κ2) is 8.17. The number of para-hydroxylation sites is 1. The molecule has 3 aromatic rings. The zero-order valence-corrected chi connectivity index (χ0v) is 17.5. The fourth-order valence-corrected chi connectivity index (χ4v) is 4.12. The van der Waals surface area contributed by atoms with Crippen LogP contribution in [0.4, 0.5) is 0 Å². The van der Waals surface area contributed by atoms with Gasteiger partial charge in [0.1, 0.15) is 5.82 Å². The van der Waals surface area contributed by atoms with Gasteiger partial charge in [0.2, 0.25) is 5.91 Å². The Bertz CT molecular complexity index is 1140. The molecule has 150 valence electrons. The summed E-state index contributed by atoms with van der Waals surface area (Å²) in [6, 6.07) is 12.5. The second-order valence-electron chi connectivity index (χ2n) is 7.41. The Hall–Kier alpha value is -2.37. The van der Waals surface area contributed by atoms with Gasteiger partial charge >= 0.3 is 0 Å². The Morgan fingerprint density at radius 2 is 2.00 bits per heavy atom. The van der Waals surface area contributed by atoms with Gasteiger partial charge in [0, 0.05) is 28.9 Å². The molecule has 1 heterocycles. The van der Waals surface area contributed by atoms with Crippen LogP contribution in [0.1, 0.15) is 49.7 Å². The Labute approximate surface area is 178 Å². The first kappa shape index (κ1) is 19.9. The predicted molar refractivity (Wildman–Crippen MR) is 116 cm³/mol. The summed E-state index contributed by atoms with van der Waals surface area (Å²) >= 11 is 12.2. The minimum absolute atomic E-state index is 0.0187. The lowest BCUT2D eigenvalue weighted by Crippen LogP contribution is -2.29. The van der Waals surface area contributed by atoms with Crippen molar-refractivity contribution in [3.63, 3.8) is 0 Å². The normalized spacial score (nSPS) is 14.7. The second-order valence-corrected chi connectivity index (χ2v) is 8.25. The number of carbonyl (C=O) groups is 1. The highest BCUT2D eigenvalue weighted by Crippen LogP contribution is 2.35. The van der Waals surface area contributed by atoms with Gasteiger partial charge < -0.3 is 5.32 Å². The molecular formula is C22H21Cl2N3O2. The van der Waals surface area contributed by atoms with Gasteiger partial charge in [-0.3, -0.25) is 14.2 Å². The summed E-state index contributed by atoms with van der Waals surface area (Å²) in [5, 5.41) is 4.66. The number of hydrogen-bond donors (Lipinski definition) is 1. The van der Waals surface area contributed by atoms with Crippen molar-refractivity contribution in [2.24, 2.45) is 0 Å². The molecule has 1 aromatic heterocycles. The number of aryl methyl sites for hydroxylation is 1. The van der Waals surface area contributed by atoms with Gasteiger partial charge in [0.05, 0.1) is 16.9 Å². The lowest BCUT2D eigenvalue weighted by molar-refractivity contribution is -0.121. The molecule has 1 aliphatic rings. The molecule has 1 unspecified atom stereocenters. The third-order valence-corrected chi connectivity index (χ3v) is 5.74. The van der Waals surface area contributed by atoms with Crippen LogP contribution >= 0.6 is 23.2 Å². The molecule has 1 saturated carbocycles. The first-order chi connectivity index (χ1) is 13.9. The first-order valence-electron chi connectivity index (χ1n) is 9.68. The van der Waals surface area contributed by atoms with Gasteiger partial charge in [-0.1, -0.05) is 41.4 Å². The van der Waals surface area contributed by atoms with Crippen LogP contribution in [-0.4, -0.2) is 15.5 Å². The molecule has 5 nitrogen and oxygen atoms in total. The average molecular weight is 430 g/mol. The molecular weight excluding hydrogens is 409 g/mol. The molecule has 1 amide bonds. The Morgan fingerprint density at radius 1 is 1.24 bits per heavy atom. The summed E-state index contributed by atoms with van der Waals surface area (Å²) in [5.74, 6) is 0.553. The third-order valence-electron chi connectivity index (χ3n) is 5.18. The van der Waals surface area contributed by atoms with E-state index in [-0.39, 0.29) is 30.0 Å². The number of halogens is 2. The fourth-order valence-electron chi connectivity index (χ4n) is 3.55. The van der Waals surface area contributed by atoms with Crippen LogP contribution in [0.5, 0.6) is 0 Å². The number of amides is 1. The highest BCUT2D eigenvalue weighted by molar-refractivity contribution is 6.35. The van der Waals surface area contributed by atoms with Gasteiger partial charge in [-0.25, -0.2) is 4.98 Å². The molecule has 1 N–H and O–H groups in total. The molecule has 7 heteroatoms. The minimum Gasteiger partial charge on any atom is -0.350 e. The van der Waals surface area contributed by atoms with Crippen molar-refractivity contribution in [3.05, 3.63) is 74.3 Å². The monoisotopic (exact) mass is 429 g/mol. The van der Waals surface area contributed by atoms with Crippen molar-refractivity contribution in [3.8, 4) is 0 Å². The van der Waals surface area contributed by atoms with E-state index < -0.39 is 0 Å². The Morgan fingerprint density at radius 3 is 2.72 bits per heavy atom. The van der Waals surface area contributed by atoms with E-state index in [0.29, 0.717) is 33.2 Å². The standard InChI is InChI=1S/C22H21Cl2N3O2/c1-13(16-9-6-14(23)12-18(16)24)25-21(28)11-10-20-26-19-5-3-2-4-17(19)22(29)27(20)15-7-8-15/h2-6,9,12-13,15H,7-8,10-11H2,1H3,(H,25,28). The maximum atomic E-state index is 12.9. The van der Waals surface area contributed by atoms with Crippen molar-refractivity contribution in [2.75, 3.05) is 0 Å². The van der Waals surface area contributed by atoms with Crippen LogP contribution in [-0.2, 0) is 11.2 Å². The maximum Gasteiger partial charge on any atom is 0.261 e. The van der Waals surface area contributed by atoms with Crippen LogP contribution in [0.15, 0.2) is 47.3 Å². The SMILES string of the molecule is CC(NC(=O)CCc1nc2ccccc2c(=O)n1C1CC1)c1ccc(Cl)cc1Cl. The predicted octanol–water partition coefficient (Wildman–Crippen LogP) is 4.85. The Balaban J connectivity index is 1.50. The quantitative estimate of drug-likeness (QED) is 0.608. The molecule has 0 aliphatic heterocycles. The molecule has 4 rings (SSSR count). The summed E-state index contributed by atoms with van der Waals surface area (Å²) in [4.78, 5) is 30.1. The molecule has 0 saturated heterocycles. The van der Waals surface area contributed by atoms with Crippen LogP contribution < -0.4 is 10.9 Å².